The molecular weight excluding hydrogens is 182 g/mol. The van der Waals surface area contributed by atoms with E-state index >= 15 is 0 Å². The van der Waals surface area contributed by atoms with E-state index in [9.17, 15) is 9.59 Å². The van der Waals surface area contributed by atoms with Crippen molar-refractivity contribution in [2.75, 3.05) is 6.61 Å². The van der Waals surface area contributed by atoms with Crippen molar-refractivity contribution < 1.29 is 14.3 Å². The van der Waals surface area contributed by atoms with Crippen LogP contribution in [-0.2, 0) is 14.3 Å². The Labute approximate surface area is 84.8 Å². The summed E-state index contributed by atoms with van der Waals surface area (Å²) >= 11 is 0. The van der Waals surface area contributed by atoms with Crippen LogP contribution in [0.15, 0.2) is 0 Å². The molecule has 4 nitrogen and oxygen atoms in total. The highest BCUT2D eigenvalue weighted by molar-refractivity contribution is 6.31. The number of carbonyl (C=O) groups is 2. The molecule has 0 heterocycles. The molecule has 0 radical (unpaired) electrons. The van der Waals surface area contributed by atoms with E-state index in [2.05, 4.69) is 20.8 Å². The number of esters is 1. The zero-order valence-electron chi connectivity index (χ0n) is 9.29. The lowest BCUT2D eigenvalue weighted by Crippen LogP contribution is -2.27. The molecule has 4 heteroatoms. The van der Waals surface area contributed by atoms with Crippen molar-refractivity contribution in [3.05, 3.63) is 0 Å². The van der Waals surface area contributed by atoms with Crippen LogP contribution < -0.4 is 5.73 Å². The number of primary amides is 1. The maximum absolute atomic E-state index is 10.7. The molecule has 14 heavy (non-hydrogen) atoms. The van der Waals surface area contributed by atoms with Crippen LogP contribution in [0.1, 0.15) is 34.1 Å². The summed E-state index contributed by atoms with van der Waals surface area (Å²) in [6, 6.07) is 0. The van der Waals surface area contributed by atoms with Gasteiger partial charge in [0.1, 0.15) is 0 Å². The summed E-state index contributed by atoms with van der Waals surface area (Å²) in [7, 11) is 0. The van der Waals surface area contributed by atoms with Gasteiger partial charge in [0.2, 0.25) is 0 Å². The minimum Gasteiger partial charge on any atom is -0.458 e. The van der Waals surface area contributed by atoms with E-state index in [0.717, 1.165) is 6.42 Å². The van der Waals surface area contributed by atoms with Crippen LogP contribution in [0.25, 0.3) is 0 Å². The molecule has 0 saturated carbocycles. The first-order chi connectivity index (χ1) is 6.22. The van der Waals surface area contributed by atoms with Crippen molar-refractivity contribution in [1.29, 1.82) is 0 Å². The summed E-state index contributed by atoms with van der Waals surface area (Å²) < 4.78 is 4.70. The standard InChI is InChI=1S/C10H19NO3/c1-7(5-10(2,3)4)6-14-9(13)8(11)12/h7H,5-6H2,1-4H3,(H2,11,12). The first kappa shape index (κ1) is 12.9. The van der Waals surface area contributed by atoms with Gasteiger partial charge >= 0.3 is 11.9 Å². The summed E-state index contributed by atoms with van der Waals surface area (Å²) in [5, 5.41) is 0. The van der Waals surface area contributed by atoms with Gasteiger partial charge < -0.3 is 10.5 Å². The normalized spacial score (nSPS) is 13.4. The summed E-state index contributed by atoms with van der Waals surface area (Å²) in [6.45, 7) is 8.55. The highest BCUT2D eigenvalue weighted by Gasteiger charge is 2.17. The Balaban J connectivity index is 3.80. The lowest BCUT2D eigenvalue weighted by Gasteiger charge is -2.22. The monoisotopic (exact) mass is 201 g/mol. The fourth-order valence-electron chi connectivity index (χ4n) is 1.39. The van der Waals surface area contributed by atoms with E-state index in [1.807, 2.05) is 6.92 Å². The first-order valence-corrected chi connectivity index (χ1v) is 4.69. The van der Waals surface area contributed by atoms with Crippen LogP contribution >= 0.6 is 0 Å². The molecule has 0 aliphatic rings. The second kappa shape index (κ2) is 4.98. The zero-order valence-corrected chi connectivity index (χ0v) is 9.29. The summed E-state index contributed by atoms with van der Waals surface area (Å²) in [5.41, 5.74) is 4.93. The average Bonchev–Trinajstić information content (AvgIpc) is 1.96. The first-order valence-electron chi connectivity index (χ1n) is 4.69. The maximum atomic E-state index is 10.7. The van der Waals surface area contributed by atoms with Crippen molar-refractivity contribution in [3.63, 3.8) is 0 Å². The van der Waals surface area contributed by atoms with E-state index in [0.29, 0.717) is 0 Å². The number of amides is 1. The molecule has 0 aromatic carbocycles. The SMILES string of the molecule is CC(COC(=O)C(N)=O)CC(C)(C)C. The Morgan fingerprint density at radius 1 is 1.36 bits per heavy atom. The van der Waals surface area contributed by atoms with Gasteiger partial charge in [-0.1, -0.05) is 27.7 Å². The third-order valence-electron chi connectivity index (χ3n) is 1.66. The van der Waals surface area contributed by atoms with Crippen LogP contribution in [0, 0.1) is 11.3 Å². The van der Waals surface area contributed by atoms with E-state index in [-0.39, 0.29) is 17.9 Å². The molecule has 2 N–H and O–H groups in total. The van der Waals surface area contributed by atoms with Crippen molar-refractivity contribution in [2.45, 2.75) is 34.1 Å². The largest absolute Gasteiger partial charge is 0.458 e. The van der Waals surface area contributed by atoms with Gasteiger partial charge in [-0.15, -0.1) is 0 Å². The van der Waals surface area contributed by atoms with Crippen LogP contribution in [0.3, 0.4) is 0 Å². The minimum atomic E-state index is -1.03. The maximum Gasteiger partial charge on any atom is 0.396 e. The van der Waals surface area contributed by atoms with E-state index in [1.165, 1.54) is 0 Å². The van der Waals surface area contributed by atoms with Gasteiger partial charge in [0.15, 0.2) is 0 Å². The molecule has 0 aliphatic carbocycles. The van der Waals surface area contributed by atoms with Crippen molar-refractivity contribution in [3.8, 4) is 0 Å². The summed E-state index contributed by atoms with van der Waals surface area (Å²) in [4.78, 5) is 21.1. The Kier molecular flexibility index (Phi) is 4.60. The molecule has 0 saturated heterocycles. The highest BCUT2D eigenvalue weighted by atomic mass is 16.5. The van der Waals surface area contributed by atoms with E-state index < -0.39 is 11.9 Å². The van der Waals surface area contributed by atoms with Gasteiger partial charge in [-0.3, -0.25) is 4.79 Å². The van der Waals surface area contributed by atoms with Gasteiger partial charge in [0.25, 0.3) is 0 Å². The number of ether oxygens (including phenoxy) is 1. The van der Waals surface area contributed by atoms with Gasteiger partial charge in [-0.2, -0.15) is 0 Å². The van der Waals surface area contributed by atoms with Crippen LogP contribution in [-0.4, -0.2) is 18.5 Å². The molecule has 82 valence electrons. The molecule has 0 rings (SSSR count). The lowest BCUT2D eigenvalue weighted by molar-refractivity contribution is -0.154. The number of carbonyl (C=O) groups excluding carboxylic acids is 2. The Bertz CT molecular complexity index is 218. The van der Waals surface area contributed by atoms with Crippen LogP contribution in [0.5, 0.6) is 0 Å². The highest BCUT2D eigenvalue weighted by Crippen LogP contribution is 2.24. The Morgan fingerprint density at radius 2 is 1.86 bits per heavy atom. The third kappa shape index (κ3) is 6.46. The second-order valence-electron chi connectivity index (χ2n) is 4.83. The van der Waals surface area contributed by atoms with Crippen molar-refractivity contribution in [1.82, 2.24) is 0 Å². The molecule has 0 aromatic heterocycles. The second-order valence-corrected chi connectivity index (χ2v) is 4.83. The fourth-order valence-corrected chi connectivity index (χ4v) is 1.39. The topological polar surface area (TPSA) is 69.4 Å². The molecule has 1 atom stereocenters. The molecule has 0 spiro atoms. The van der Waals surface area contributed by atoms with Gasteiger partial charge in [0.05, 0.1) is 6.61 Å². The number of hydrogen-bond acceptors (Lipinski definition) is 3. The number of hydrogen-bond donors (Lipinski definition) is 1. The average molecular weight is 201 g/mol. The zero-order chi connectivity index (χ0) is 11.4. The molecule has 0 fully saturated rings. The minimum absolute atomic E-state index is 0.193. The smallest absolute Gasteiger partial charge is 0.396 e. The molecule has 1 amide bonds. The van der Waals surface area contributed by atoms with E-state index in [4.69, 9.17) is 10.5 Å². The number of rotatable bonds is 3. The van der Waals surface area contributed by atoms with Crippen LogP contribution in [0.4, 0.5) is 0 Å². The van der Waals surface area contributed by atoms with E-state index in [1.54, 1.807) is 0 Å². The molecule has 1 unspecified atom stereocenters. The molecule has 0 bridgehead atoms. The van der Waals surface area contributed by atoms with Crippen molar-refractivity contribution in [2.24, 2.45) is 17.1 Å². The Morgan fingerprint density at radius 3 is 2.21 bits per heavy atom. The summed E-state index contributed by atoms with van der Waals surface area (Å²) in [5.74, 6) is -1.75. The third-order valence-corrected chi connectivity index (χ3v) is 1.66. The predicted molar refractivity (Wildman–Crippen MR) is 53.4 cm³/mol. The van der Waals surface area contributed by atoms with Crippen LogP contribution in [0.2, 0.25) is 0 Å². The quantitative estimate of drug-likeness (QED) is 0.549. The Hall–Kier alpha value is -1.06. The van der Waals surface area contributed by atoms with Crippen molar-refractivity contribution >= 4 is 11.9 Å². The molecule has 0 aromatic rings. The van der Waals surface area contributed by atoms with Gasteiger partial charge in [-0.25, -0.2) is 4.79 Å². The van der Waals surface area contributed by atoms with Gasteiger partial charge in [0, 0.05) is 0 Å². The predicted octanol–water partition coefficient (Wildman–Crippen LogP) is 1.09. The number of nitrogens with two attached hydrogens (primary N) is 1. The molecule has 0 aliphatic heterocycles. The summed E-state index contributed by atoms with van der Waals surface area (Å²) in [6.07, 6.45) is 0.930. The lowest BCUT2D eigenvalue weighted by atomic mass is 9.86. The fraction of sp³-hybridized carbons (Fsp3) is 0.800. The molecular formula is C10H19NO3. The van der Waals surface area contributed by atoms with Gasteiger partial charge in [-0.05, 0) is 17.8 Å².